The van der Waals surface area contributed by atoms with Crippen molar-refractivity contribution in [2.24, 2.45) is 0 Å². The van der Waals surface area contributed by atoms with Crippen molar-refractivity contribution in [3.8, 4) is 5.75 Å². The van der Waals surface area contributed by atoms with Crippen molar-refractivity contribution in [1.29, 1.82) is 0 Å². The first kappa shape index (κ1) is 19.6. The van der Waals surface area contributed by atoms with E-state index in [1.807, 2.05) is 6.92 Å². The lowest BCUT2D eigenvalue weighted by Gasteiger charge is -2.17. The second-order valence-electron chi connectivity index (χ2n) is 5.91. The average molecular weight is 374 g/mol. The van der Waals surface area contributed by atoms with Crippen molar-refractivity contribution in [2.75, 3.05) is 13.1 Å². The average Bonchev–Trinajstić information content (AvgIpc) is 2.56. The van der Waals surface area contributed by atoms with Crippen LogP contribution in [0, 0.1) is 0 Å². The number of aliphatic hydroxyl groups excluding tert-OH is 1. The number of hydrogen-bond acceptors (Lipinski definition) is 3. The number of phenols is 1. The summed E-state index contributed by atoms with van der Waals surface area (Å²) in [4.78, 5) is 0. The van der Waals surface area contributed by atoms with E-state index in [0.717, 1.165) is 17.7 Å². The lowest BCUT2D eigenvalue weighted by atomic mass is 10.0. The van der Waals surface area contributed by atoms with Crippen LogP contribution in [0.4, 0.5) is 13.2 Å². The summed E-state index contributed by atoms with van der Waals surface area (Å²) in [5.41, 5.74) is 0.336. The molecule has 0 heterocycles. The van der Waals surface area contributed by atoms with Crippen LogP contribution in [0.15, 0.2) is 42.5 Å². The van der Waals surface area contributed by atoms with Crippen molar-refractivity contribution in [1.82, 2.24) is 5.32 Å². The van der Waals surface area contributed by atoms with E-state index in [1.165, 1.54) is 18.2 Å². The van der Waals surface area contributed by atoms with Gasteiger partial charge in [-0.2, -0.15) is 13.2 Å². The Kier molecular flexibility index (Phi) is 6.32. The molecule has 0 aliphatic heterocycles. The van der Waals surface area contributed by atoms with E-state index in [4.69, 9.17) is 11.6 Å². The smallest absolute Gasteiger partial charge is 0.416 e. The van der Waals surface area contributed by atoms with E-state index in [2.05, 4.69) is 5.32 Å². The molecule has 136 valence electrons. The molecule has 0 aliphatic carbocycles. The van der Waals surface area contributed by atoms with Gasteiger partial charge in [-0.05, 0) is 41.3 Å². The number of rotatable bonds is 6. The van der Waals surface area contributed by atoms with Crippen LogP contribution in [-0.4, -0.2) is 23.3 Å². The molecule has 2 atom stereocenters. The fourth-order valence-electron chi connectivity index (χ4n) is 2.42. The number of alkyl halides is 3. The maximum Gasteiger partial charge on any atom is 0.416 e. The van der Waals surface area contributed by atoms with Crippen LogP contribution >= 0.6 is 11.6 Å². The minimum absolute atomic E-state index is 0.00513. The molecule has 2 unspecified atom stereocenters. The number of phenolic OH excluding ortho intramolecular Hbond substituents is 1. The van der Waals surface area contributed by atoms with Gasteiger partial charge in [0.25, 0.3) is 0 Å². The molecule has 0 saturated carbocycles. The summed E-state index contributed by atoms with van der Waals surface area (Å²) in [6.07, 6.45) is -5.48. The Morgan fingerprint density at radius 2 is 1.80 bits per heavy atom. The molecular weight excluding hydrogens is 355 g/mol. The molecule has 0 aliphatic rings. The molecule has 7 heteroatoms. The second kappa shape index (κ2) is 8.08. The van der Waals surface area contributed by atoms with Crippen LogP contribution in [0.25, 0.3) is 0 Å². The largest absolute Gasteiger partial charge is 0.506 e. The normalized spacial score (nSPS) is 14.3. The minimum Gasteiger partial charge on any atom is -0.506 e. The number of hydrogen-bond donors (Lipinski definition) is 3. The molecule has 2 aromatic rings. The van der Waals surface area contributed by atoms with Crippen LogP contribution in [0.1, 0.15) is 35.6 Å². The quantitative estimate of drug-likeness (QED) is 0.699. The minimum atomic E-state index is -4.43. The maximum absolute atomic E-state index is 12.7. The van der Waals surface area contributed by atoms with E-state index >= 15 is 0 Å². The molecule has 0 fully saturated rings. The highest BCUT2D eigenvalue weighted by Crippen LogP contribution is 2.31. The predicted octanol–water partition coefficient (Wildman–Crippen LogP) is 4.49. The highest BCUT2D eigenvalue weighted by Gasteiger charge is 2.30. The first-order valence-corrected chi connectivity index (χ1v) is 8.10. The Morgan fingerprint density at radius 1 is 1.08 bits per heavy atom. The first-order chi connectivity index (χ1) is 11.7. The number of benzene rings is 2. The lowest BCUT2D eigenvalue weighted by molar-refractivity contribution is -0.137. The standard InChI is InChI=1S/C18H19ClF3NO2/c1-11(12-5-6-16(24)15(19)8-12)9-23-10-17(25)13-3-2-4-14(7-13)18(20,21)22/h2-8,11,17,23-25H,9-10H2,1H3. The molecule has 0 spiro atoms. The van der Waals surface area contributed by atoms with Crippen molar-refractivity contribution < 1.29 is 23.4 Å². The van der Waals surface area contributed by atoms with Gasteiger partial charge in [0.2, 0.25) is 0 Å². The van der Waals surface area contributed by atoms with Gasteiger partial charge >= 0.3 is 6.18 Å². The fourth-order valence-corrected chi connectivity index (χ4v) is 2.61. The number of aromatic hydroxyl groups is 1. The van der Waals surface area contributed by atoms with Gasteiger partial charge in [0, 0.05) is 13.1 Å². The van der Waals surface area contributed by atoms with E-state index in [0.29, 0.717) is 6.54 Å². The van der Waals surface area contributed by atoms with Crippen LogP contribution in [0.3, 0.4) is 0 Å². The zero-order chi connectivity index (χ0) is 18.6. The van der Waals surface area contributed by atoms with Gasteiger partial charge in [0.05, 0.1) is 16.7 Å². The van der Waals surface area contributed by atoms with Gasteiger partial charge in [0.1, 0.15) is 5.75 Å². The van der Waals surface area contributed by atoms with Crippen LogP contribution in [0.5, 0.6) is 5.75 Å². The molecule has 0 saturated heterocycles. The summed E-state index contributed by atoms with van der Waals surface area (Å²) in [5, 5.41) is 22.8. The molecule has 2 rings (SSSR count). The van der Waals surface area contributed by atoms with E-state index in [-0.39, 0.29) is 28.8 Å². The van der Waals surface area contributed by atoms with Crippen molar-refractivity contribution >= 4 is 11.6 Å². The van der Waals surface area contributed by atoms with Gasteiger partial charge in [-0.1, -0.05) is 36.7 Å². The van der Waals surface area contributed by atoms with Gasteiger partial charge in [-0.3, -0.25) is 0 Å². The topological polar surface area (TPSA) is 52.5 Å². The van der Waals surface area contributed by atoms with Gasteiger partial charge in [0.15, 0.2) is 0 Å². The van der Waals surface area contributed by atoms with Crippen molar-refractivity contribution in [3.05, 3.63) is 64.2 Å². The number of aliphatic hydroxyl groups is 1. The third-order valence-corrected chi connectivity index (χ3v) is 4.23. The Bertz CT molecular complexity index is 722. The monoisotopic (exact) mass is 373 g/mol. The Hall–Kier alpha value is -1.76. The SMILES string of the molecule is CC(CNCC(O)c1cccc(C(F)(F)F)c1)c1ccc(O)c(Cl)c1. The summed E-state index contributed by atoms with van der Waals surface area (Å²) < 4.78 is 38.1. The number of nitrogens with one attached hydrogen (secondary N) is 1. The molecule has 2 aromatic carbocycles. The number of halogens is 4. The molecule has 0 aromatic heterocycles. The molecule has 0 radical (unpaired) electrons. The van der Waals surface area contributed by atoms with Crippen LogP contribution in [0.2, 0.25) is 5.02 Å². The van der Waals surface area contributed by atoms with Crippen molar-refractivity contribution in [2.45, 2.75) is 25.1 Å². The molecule has 3 N–H and O–H groups in total. The molecule has 0 bridgehead atoms. The van der Waals surface area contributed by atoms with Crippen LogP contribution < -0.4 is 5.32 Å². The van der Waals surface area contributed by atoms with Gasteiger partial charge in [-0.15, -0.1) is 0 Å². The van der Waals surface area contributed by atoms with Crippen LogP contribution in [-0.2, 0) is 6.18 Å². The second-order valence-corrected chi connectivity index (χ2v) is 6.32. The predicted molar refractivity (Wildman–Crippen MR) is 90.8 cm³/mol. The summed E-state index contributed by atoms with van der Waals surface area (Å²) >= 11 is 5.87. The summed E-state index contributed by atoms with van der Waals surface area (Å²) in [7, 11) is 0. The fraction of sp³-hybridized carbons (Fsp3) is 0.333. The first-order valence-electron chi connectivity index (χ1n) is 7.73. The zero-order valence-electron chi connectivity index (χ0n) is 13.5. The highest BCUT2D eigenvalue weighted by molar-refractivity contribution is 6.32. The summed E-state index contributed by atoms with van der Waals surface area (Å²) in [5.74, 6) is 0.0531. The van der Waals surface area contributed by atoms with E-state index < -0.39 is 17.8 Å². The zero-order valence-corrected chi connectivity index (χ0v) is 14.3. The Balaban J connectivity index is 1.91. The third-order valence-electron chi connectivity index (χ3n) is 3.93. The van der Waals surface area contributed by atoms with E-state index in [9.17, 15) is 23.4 Å². The summed E-state index contributed by atoms with van der Waals surface area (Å²) in [6, 6.07) is 9.58. The van der Waals surface area contributed by atoms with Gasteiger partial charge < -0.3 is 15.5 Å². The molecular formula is C18H19ClF3NO2. The third kappa shape index (κ3) is 5.36. The maximum atomic E-state index is 12.7. The molecule has 3 nitrogen and oxygen atoms in total. The summed E-state index contributed by atoms with van der Waals surface area (Å²) in [6.45, 7) is 2.56. The van der Waals surface area contributed by atoms with Gasteiger partial charge in [-0.25, -0.2) is 0 Å². The Morgan fingerprint density at radius 3 is 2.44 bits per heavy atom. The van der Waals surface area contributed by atoms with E-state index in [1.54, 1.807) is 12.1 Å². The molecule has 25 heavy (non-hydrogen) atoms. The molecule has 0 amide bonds. The lowest BCUT2D eigenvalue weighted by Crippen LogP contribution is -2.25. The van der Waals surface area contributed by atoms with Crippen molar-refractivity contribution in [3.63, 3.8) is 0 Å². The Labute approximate surface area is 149 Å². The highest BCUT2D eigenvalue weighted by atomic mass is 35.5.